The van der Waals surface area contributed by atoms with Crippen molar-refractivity contribution in [1.82, 2.24) is 15.1 Å². The van der Waals surface area contributed by atoms with Crippen molar-refractivity contribution in [2.75, 3.05) is 11.9 Å². The average Bonchev–Trinajstić information content (AvgIpc) is 3.03. The maximum atomic E-state index is 12.9. The largest absolute Gasteiger partial charge is 0.479 e. The van der Waals surface area contributed by atoms with Crippen molar-refractivity contribution in [1.29, 1.82) is 0 Å². The number of nitrogens with zero attached hydrogens (tertiary/aromatic N) is 2. The van der Waals surface area contributed by atoms with Gasteiger partial charge in [0.1, 0.15) is 5.69 Å². The van der Waals surface area contributed by atoms with Crippen molar-refractivity contribution >= 4 is 17.7 Å². The molecule has 0 aliphatic heterocycles. The molecule has 0 saturated carbocycles. The highest BCUT2D eigenvalue weighted by Gasteiger charge is 2.35. The summed E-state index contributed by atoms with van der Waals surface area (Å²) in [6, 6.07) is 5.41. The molecule has 1 aromatic heterocycles. The molecule has 2 aromatic rings. The Morgan fingerprint density at radius 1 is 1.19 bits per heavy atom. The Labute approximate surface area is 145 Å². The minimum Gasteiger partial charge on any atom is -0.479 e. The van der Waals surface area contributed by atoms with Gasteiger partial charge in [-0.25, -0.2) is 14.3 Å². The van der Waals surface area contributed by atoms with E-state index >= 15 is 0 Å². The summed E-state index contributed by atoms with van der Waals surface area (Å²) < 4.78 is 39.3. The van der Waals surface area contributed by atoms with Gasteiger partial charge in [-0.1, -0.05) is 0 Å². The lowest BCUT2D eigenvalue weighted by atomic mass is 10.1. The number of carboxylic acid groups (broad SMARTS) is 1. The quantitative estimate of drug-likeness (QED) is 0.639. The van der Waals surface area contributed by atoms with E-state index in [1.807, 2.05) is 0 Å². The Morgan fingerprint density at radius 2 is 1.81 bits per heavy atom. The number of halogens is 3. The lowest BCUT2D eigenvalue weighted by molar-refractivity contribution is -0.155. The van der Waals surface area contributed by atoms with Crippen LogP contribution in [-0.4, -0.2) is 44.1 Å². The molecule has 0 spiro atoms. The third-order valence-corrected chi connectivity index (χ3v) is 3.36. The summed E-state index contributed by atoms with van der Waals surface area (Å²) in [6.45, 7) is 0.487. The van der Waals surface area contributed by atoms with Crippen LogP contribution in [0.15, 0.2) is 36.5 Å². The summed E-state index contributed by atoms with van der Waals surface area (Å²) in [5.74, 6) is -1.50. The molecule has 4 N–H and O–H groups in total. The summed E-state index contributed by atoms with van der Waals surface area (Å²) in [6.07, 6.45) is -3.54. The van der Waals surface area contributed by atoms with Crippen LogP contribution in [0.1, 0.15) is 12.6 Å². The molecule has 0 saturated heterocycles. The first-order chi connectivity index (χ1) is 12.0. The summed E-state index contributed by atoms with van der Waals surface area (Å²) in [5.41, 5.74) is -2.68. The van der Waals surface area contributed by atoms with E-state index in [1.54, 1.807) is 0 Å². The molecule has 2 rings (SSSR count). The topological polar surface area (TPSA) is 116 Å². The van der Waals surface area contributed by atoms with Crippen LogP contribution in [0, 0.1) is 0 Å². The second-order valence-electron chi connectivity index (χ2n) is 5.56. The van der Waals surface area contributed by atoms with Crippen molar-refractivity contribution in [3.63, 3.8) is 0 Å². The van der Waals surface area contributed by atoms with Gasteiger partial charge in [0.25, 0.3) is 0 Å². The number of carbonyl (C=O) groups excluding carboxylic acids is 1. The van der Waals surface area contributed by atoms with Gasteiger partial charge in [-0.05, 0) is 37.3 Å². The molecule has 1 atom stereocenters. The van der Waals surface area contributed by atoms with E-state index in [4.69, 9.17) is 5.11 Å². The zero-order valence-electron chi connectivity index (χ0n) is 13.4. The molecule has 0 aliphatic rings. The van der Waals surface area contributed by atoms with Crippen molar-refractivity contribution in [2.24, 2.45) is 0 Å². The van der Waals surface area contributed by atoms with Gasteiger partial charge in [0.05, 0.1) is 18.4 Å². The highest BCUT2D eigenvalue weighted by Crippen LogP contribution is 2.30. The van der Waals surface area contributed by atoms with Crippen LogP contribution >= 0.6 is 0 Å². The molecule has 0 fully saturated rings. The Morgan fingerprint density at radius 3 is 2.35 bits per heavy atom. The van der Waals surface area contributed by atoms with Gasteiger partial charge in [-0.3, -0.25) is 0 Å². The minimum absolute atomic E-state index is 0.141. The van der Waals surface area contributed by atoms with Gasteiger partial charge >= 0.3 is 18.2 Å². The highest BCUT2D eigenvalue weighted by atomic mass is 19.4. The second-order valence-corrected chi connectivity index (χ2v) is 5.56. The summed E-state index contributed by atoms with van der Waals surface area (Å²) >= 11 is 0. The Bertz CT molecular complexity index is 800. The molecule has 0 bridgehead atoms. The molecule has 11 heteroatoms. The van der Waals surface area contributed by atoms with Crippen molar-refractivity contribution < 1.29 is 33.0 Å². The molecule has 2 amide bonds. The molecule has 1 heterocycles. The first-order valence-corrected chi connectivity index (χ1v) is 7.23. The van der Waals surface area contributed by atoms with E-state index in [-0.39, 0.29) is 11.4 Å². The highest BCUT2D eigenvalue weighted by molar-refractivity contribution is 5.90. The normalized spacial score (nSPS) is 13.7. The van der Waals surface area contributed by atoms with Crippen molar-refractivity contribution in [3.05, 3.63) is 42.2 Å². The zero-order valence-corrected chi connectivity index (χ0v) is 13.4. The molecule has 0 radical (unpaired) electrons. The number of carboxylic acids is 1. The van der Waals surface area contributed by atoms with Crippen LogP contribution in [0.4, 0.5) is 23.7 Å². The standard InChI is InChI=1S/C15H15F3N4O4/c1-14(26,12(23)24)8-19-13(25)21-9-2-4-10(5-3-9)22-11(6-7-20-22)15(16,17)18/h2-7,26H,8H2,1H3,(H,23,24)(H2,19,21,25). The van der Waals surface area contributed by atoms with Crippen molar-refractivity contribution in [3.8, 4) is 5.69 Å². The van der Waals surface area contributed by atoms with Gasteiger partial charge in [0.15, 0.2) is 5.60 Å². The Hall–Kier alpha value is -3.08. The maximum absolute atomic E-state index is 12.9. The van der Waals surface area contributed by atoms with Crippen LogP contribution in [0.25, 0.3) is 5.69 Å². The van der Waals surface area contributed by atoms with E-state index < -0.39 is 36.0 Å². The number of hydrogen-bond donors (Lipinski definition) is 4. The fraction of sp³-hybridized carbons (Fsp3) is 0.267. The van der Waals surface area contributed by atoms with Crippen LogP contribution in [0.2, 0.25) is 0 Å². The predicted molar refractivity (Wildman–Crippen MR) is 83.8 cm³/mol. The van der Waals surface area contributed by atoms with Crippen LogP contribution in [0.5, 0.6) is 0 Å². The van der Waals surface area contributed by atoms with Gasteiger partial charge in [-0.2, -0.15) is 18.3 Å². The zero-order chi connectivity index (χ0) is 19.5. The van der Waals surface area contributed by atoms with E-state index in [0.717, 1.165) is 19.2 Å². The van der Waals surface area contributed by atoms with Crippen LogP contribution < -0.4 is 10.6 Å². The van der Waals surface area contributed by atoms with Gasteiger partial charge in [0.2, 0.25) is 0 Å². The fourth-order valence-corrected chi connectivity index (χ4v) is 1.91. The number of rotatable bonds is 5. The van der Waals surface area contributed by atoms with E-state index in [1.165, 1.54) is 24.3 Å². The SMILES string of the molecule is CC(O)(CNC(=O)Nc1ccc(-n2nccc2C(F)(F)F)cc1)C(=O)O. The number of nitrogens with one attached hydrogen (secondary N) is 2. The minimum atomic E-state index is -4.56. The lowest BCUT2D eigenvalue weighted by Gasteiger charge is -2.18. The Kier molecular flexibility index (Phi) is 5.21. The maximum Gasteiger partial charge on any atom is 0.433 e. The second kappa shape index (κ2) is 7.04. The van der Waals surface area contributed by atoms with Crippen molar-refractivity contribution in [2.45, 2.75) is 18.7 Å². The number of benzene rings is 1. The number of carbonyl (C=O) groups is 2. The first kappa shape index (κ1) is 19.2. The third-order valence-electron chi connectivity index (χ3n) is 3.36. The molecule has 1 unspecified atom stereocenters. The van der Waals surface area contributed by atoms with E-state index in [9.17, 15) is 27.9 Å². The van der Waals surface area contributed by atoms with Crippen LogP contribution in [-0.2, 0) is 11.0 Å². The molecule has 140 valence electrons. The van der Waals surface area contributed by atoms with Gasteiger partial charge in [0, 0.05) is 5.69 Å². The van der Waals surface area contributed by atoms with E-state index in [0.29, 0.717) is 4.68 Å². The number of amides is 2. The molecule has 0 aliphatic carbocycles. The molecule has 8 nitrogen and oxygen atoms in total. The van der Waals surface area contributed by atoms with Gasteiger partial charge in [-0.15, -0.1) is 0 Å². The number of aliphatic hydroxyl groups is 1. The molecule has 1 aromatic carbocycles. The predicted octanol–water partition coefficient (Wildman–Crippen LogP) is 1.85. The van der Waals surface area contributed by atoms with Crippen LogP contribution in [0.3, 0.4) is 0 Å². The number of anilines is 1. The Balaban J connectivity index is 2.03. The van der Waals surface area contributed by atoms with E-state index in [2.05, 4.69) is 15.7 Å². The number of hydrogen-bond acceptors (Lipinski definition) is 4. The smallest absolute Gasteiger partial charge is 0.433 e. The fourth-order valence-electron chi connectivity index (χ4n) is 1.91. The molecular weight excluding hydrogens is 357 g/mol. The number of aromatic nitrogens is 2. The summed E-state index contributed by atoms with van der Waals surface area (Å²) in [7, 11) is 0. The number of urea groups is 1. The monoisotopic (exact) mass is 372 g/mol. The average molecular weight is 372 g/mol. The first-order valence-electron chi connectivity index (χ1n) is 7.23. The number of alkyl halides is 3. The lowest BCUT2D eigenvalue weighted by Crippen LogP contribution is -2.47. The molecular formula is C15H15F3N4O4. The molecule has 26 heavy (non-hydrogen) atoms. The van der Waals surface area contributed by atoms with Gasteiger partial charge < -0.3 is 20.8 Å². The summed E-state index contributed by atoms with van der Waals surface area (Å²) in [5, 5.41) is 26.4. The third kappa shape index (κ3) is 4.51. The number of aliphatic carboxylic acids is 1. The summed E-state index contributed by atoms with van der Waals surface area (Å²) in [4.78, 5) is 22.4.